The number of guanidine groups is 1. The van der Waals surface area contributed by atoms with E-state index in [0.717, 1.165) is 29.7 Å². The normalized spacial score (nSPS) is 15.3. The van der Waals surface area contributed by atoms with Crippen molar-refractivity contribution in [1.82, 2.24) is 20.4 Å². The average Bonchev–Trinajstić information content (AvgIpc) is 3.30. The first-order chi connectivity index (χ1) is 13.7. The van der Waals surface area contributed by atoms with Crippen molar-refractivity contribution in [3.05, 3.63) is 83.9 Å². The summed E-state index contributed by atoms with van der Waals surface area (Å²) in [6.07, 6.45) is 5.67. The molecule has 2 N–H and O–H groups in total. The number of aromatic nitrogens is 2. The molecule has 0 amide bonds. The van der Waals surface area contributed by atoms with Gasteiger partial charge in [-0.2, -0.15) is 5.10 Å². The Labute approximate surface area is 164 Å². The first kappa shape index (κ1) is 18.2. The highest BCUT2D eigenvalue weighted by molar-refractivity contribution is 5.79. The Bertz CT molecular complexity index is 961. The molecule has 0 atom stereocenters. The third kappa shape index (κ3) is 3.91. The number of nitrogens with zero attached hydrogens (tertiary/aromatic N) is 3. The van der Waals surface area contributed by atoms with Crippen molar-refractivity contribution in [2.45, 2.75) is 24.8 Å². The topological polar surface area (TPSA) is 54.2 Å². The molecule has 5 nitrogen and oxygen atoms in total. The average molecular weight is 377 g/mol. The SMILES string of the molecule is CN=C(NCc1cccc(-n2cccn2)c1)NCC1(c2ccccc2F)CC1. The van der Waals surface area contributed by atoms with Gasteiger partial charge in [0.25, 0.3) is 0 Å². The number of hydrogen-bond acceptors (Lipinski definition) is 2. The van der Waals surface area contributed by atoms with Crippen molar-refractivity contribution in [2.24, 2.45) is 4.99 Å². The lowest BCUT2D eigenvalue weighted by Crippen LogP contribution is -2.41. The van der Waals surface area contributed by atoms with E-state index in [2.05, 4.69) is 32.9 Å². The lowest BCUT2D eigenvalue weighted by molar-refractivity contribution is 0.559. The van der Waals surface area contributed by atoms with Crippen LogP contribution in [0, 0.1) is 5.82 Å². The molecule has 0 bridgehead atoms. The third-order valence-corrected chi connectivity index (χ3v) is 5.26. The van der Waals surface area contributed by atoms with Gasteiger partial charge in [0.05, 0.1) is 5.69 Å². The molecule has 1 aliphatic carbocycles. The Balaban J connectivity index is 1.36. The second-order valence-corrected chi connectivity index (χ2v) is 7.16. The Morgan fingerprint density at radius 3 is 2.71 bits per heavy atom. The molecule has 2 aromatic carbocycles. The van der Waals surface area contributed by atoms with Gasteiger partial charge < -0.3 is 10.6 Å². The van der Waals surface area contributed by atoms with E-state index in [4.69, 9.17) is 0 Å². The van der Waals surface area contributed by atoms with Gasteiger partial charge in [0.2, 0.25) is 0 Å². The molecule has 1 saturated carbocycles. The van der Waals surface area contributed by atoms with E-state index in [0.29, 0.717) is 19.0 Å². The zero-order valence-corrected chi connectivity index (χ0v) is 15.9. The molecule has 3 aromatic rings. The minimum absolute atomic E-state index is 0.122. The van der Waals surface area contributed by atoms with E-state index in [9.17, 15) is 4.39 Å². The highest BCUT2D eigenvalue weighted by Gasteiger charge is 2.45. The molecule has 28 heavy (non-hydrogen) atoms. The van der Waals surface area contributed by atoms with Crippen molar-refractivity contribution in [2.75, 3.05) is 13.6 Å². The molecule has 1 aromatic heterocycles. The third-order valence-electron chi connectivity index (χ3n) is 5.26. The lowest BCUT2D eigenvalue weighted by atomic mass is 9.95. The Morgan fingerprint density at radius 2 is 2.00 bits per heavy atom. The van der Waals surface area contributed by atoms with Crippen LogP contribution in [0.4, 0.5) is 4.39 Å². The molecule has 0 saturated heterocycles. The van der Waals surface area contributed by atoms with Gasteiger partial charge in [0.1, 0.15) is 5.82 Å². The molecular formula is C22H24FN5. The van der Waals surface area contributed by atoms with Crippen LogP contribution >= 0.6 is 0 Å². The summed E-state index contributed by atoms with van der Waals surface area (Å²) in [4.78, 5) is 4.31. The molecule has 144 valence electrons. The van der Waals surface area contributed by atoms with Gasteiger partial charge in [-0.1, -0.05) is 30.3 Å². The summed E-state index contributed by atoms with van der Waals surface area (Å²) in [5.74, 6) is 0.590. The van der Waals surface area contributed by atoms with Crippen LogP contribution in [0.2, 0.25) is 0 Å². The largest absolute Gasteiger partial charge is 0.356 e. The van der Waals surface area contributed by atoms with Crippen LogP contribution in [0.5, 0.6) is 0 Å². The van der Waals surface area contributed by atoms with Crippen LogP contribution in [-0.2, 0) is 12.0 Å². The van der Waals surface area contributed by atoms with Gasteiger partial charge >= 0.3 is 0 Å². The first-order valence-electron chi connectivity index (χ1n) is 9.49. The van der Waals surface area contributed by atoms with Crippen LogP contribution in [0.1, 0.15) is 24.0 Å². The maximum Gasteiger partial charge on any atom is 0.191 e. The standard InChI is InChI=1S/C22H24FN5/c1-24-21(26-16-22(10-11-22)19-8-2-3-9-20(19)23)25-15-17-6-4-7-18(14-17)28-13-5-12-27-28/h2-9,12-14H,10-11,15-16H2,1H3,(H2,24,25,26). The number of nitrogens with one attached hydrogen (secondary N) is 2. The monoisotopic (exact) mass is 377 g/mol. The molecule has 0 spiro atoms. The summed E-state index contributed by atoms with van der Waals surface area (Å²) >= 11 is 0. The van der Waals surface area contributed by atoms with Crippen molar-refractivity contribution in [3.63, 3.8) is 0 Å². The van der Waals surface area contributed by atoms with Crippen LogP contribution in [0.15, 0.2) is 72.0 Å². The number of rotatable bonds is 6. The van der Waals surface area contributed by atoms with E-state index in [1.807, 2.05) is 41.2 Å². The number of halogens is 1. The predicted octanol–water partition coefficient (Wildman–Crippen LogP) is 3.41. The second kappa shape index (κ2) is 7.84. The molecule has 0 unspecified atom stereocenters. The lowest BCUT2D eigenvalue weighted by Gasteiger charge is -2.19. The Hall–Kier alpha value is -3.15. The van der Waals surface area contributed by atoms with Crippen LogP contribution in [-0.4, -0.2) is 29.3 Å². The molecule has 1 heterocycles. The molecule has 0 radical (unpaired) electrons. The molecule has 4 rings (SSSR count). The molecule has 6 heteroatoms. The summed E-state index contributed by atoms with van der Waals surface area (Å²) in [6, 6.07) is 17.2. The van der Waals surface area contributed by atoms with Gasteiger partial charge in [-0.05, 0) is 48.2 Å². The Morgan fingerprint density at radius 1 is 1.14 bits per heavy atom. The number of benzene rings is 2. The first-order valence-corrected chi connectivity index (χ1v) is 9.49. The summed E-state index contributed by atoms with van der Waals surface area (Å²) in [6.45, 7) is 1.31. The van der Waals surface area contributed by atoms with Gasteiger partial charge in [-0.15, -0.1) is 0 Å². The van der Waals surface area contributed by atoms with Crippen molar-refractivity contribution < 1.29 is 4.39 Å². The van der Waals surface area contributed by atoms with E-state index in [1.54, 1.807) is 19.3 Å². The van der Waals surface area contributed by atoms with Gasteiger partial charge in [-0.3, -0.25) is 4.99 Å². The van der Waals surface area contributed by atoms with Crippen molar-refractivity contribution >= 4 is 5.96 Å². The molecular weight excluding hydrogens is 353 g/mol. The smallest absolute Gasteiger partial charge is 0.191 e. The van der Waals surface area contributed by atoms with Gasteiger partial charge in [-0.25, -0.2) is 9.07 Å². The van der Waals surface area contributed by atoms with E-state index in [1.165, 1.54) is 6.07 Å². The fraction of sp³-hybridized carbons (Fsp3) is 0.273. The van der Waals surface area contributed by atoms with E-state index >= 15 is 0 Å². The van der Waals surface area contributed by atoms with E-state index in [-0.39, 0.29) is 11.2 Å². The quantitative estimate of drug-likeness (QED) is 0.511. The maximum atomic E-state index is 14.2. The van der Waals surface area contributed by atoms with Crippen LogP contribution in [0.25, 0.3) is 5.69 Å². The predicted molar refractivity (Wildman–Crippen MR) is 109 cm³/mol. The number of hydrogen-bond donors (Lipinski definition) is 2. The van der Waals surface area contributed by atoms with Crippen molar-refractivity contribution in [1.29, 1.82) is 0 Å². The summed E-state index contributed by atoms with van der Waals surface area (Å²) in [5.41, 5.74) is 2.82. The second-order valence-electron chi connectivity index (χ2n) is 7.16. The number of aliphatic imine (C=N–C) groups is 1. The van der Waals surface area contributed by atoms with Crippen molar-refractivity contribution in [3.8, 4) is 5.69 Å². The zero-order chi connectivity index (χ0) is 19.4. The van der Waals surface area contributed by atoms with E-state index < -0.39 is 0 Å². The van der Waals surface area contributed by atoms with Crippen LogP contribution in [0.3, 0.4) is 0 Å². The molecule has 1 fully saturated rings. The summed E-state index contributed by atoms with van der Waals surface area (Å²) in [7, 11) is 1.75. The summed E-state index contributed by atoms with van der Waals surface area (Å²) < 4.78 is 16.0. The maximum absolute atomic E-state index is 14.2. The van der Waals surface area contributed by atoms with Crippen LogP contribution < -0.4 is 10.6 Å². The fourth-order valence-electron chi connectivity index (χ4n) is 3.47. The molecule has 0 aliphatic heterocycles. The minimum Gasteiger partial charge on any atom is -0.356 e. The molecule has 1 aliphatic rings. The van der Waals surface area contributed by atoms with Gasteiger partial charge in [0.15, 0.2) is 5.96 Å². The zero-order valence-electron chi connectivity index (χ0n) is 15.9. The highest BCUT2D eigenvalue weighted by Crippen LogP contribution is 2.48. The highest BCUT2D eigenvalue weighted by atomic mass is 19.1. The fourth-order valence-corrected chi connectivity index (χ4v) is 3.47. The van der Waals surface area contributed by atoms with Gasteiger partial charge in [0, 0.05) is 37.9 Å². The Kier molecular flexibility index (Phi) is 5.10. The summed E-state index contributed by atoms with van der Waals surface area (Å²) in [5, 5.41) is 11.0. The minimum atomic E-state index is -0.125.